The molecule has 0 bridgehead atoms. The third-order valence-corrected chi connectivity index (χ3v) is 4.29. The van der Waals surface area contributed by atoms with Crippen LogP contribution in [0.3, 0.4) is 0 Å². The molecule has 0 N–H and O–H groups in total. The summed E-state index contributed by atoms with van der Waals surface area (Å²) >= 11 is 1.54. The van der Waals surface area contributed by atoms with Gasteiger partial charge in [0.25, 0.3) is 0 Å². The molecule has 0 aliphatic rings. The van der Waals surface area contributed by atoms with Crippen molar-refractivity contribution in [3.63, 3.8) is 0 Å². The van der Waals surface area contributed by atoms with Gasteiger partial charge in [-0.25, -0.2) is 0 Å². The largest absolute Gasteiger partial charge is 0.298 e. The van der Waals surface area contributed by atoms with Crippen LogP contribution in [0.4, 0.5) is 0 Å². The molecule has 0 atom stereocenters. The van der Waals surface area contributed by atoms with Gasteiger partial charge < -0.3 is 0 Å². The number of carbonyl (C=O) groups is 1. The summed E-state index contributed by atoms with van der Waals surface area (Å²) in [4.78, 5) is 12.7. The fourth-order valence-corrected chi connectivity index (χ4v) is 2.82. The molecule has 2 nitrogen and oxygen atoms in total. The topological polar surface area (TPSA) is 40.9 Å². The first-order valence-electron chi connectivity index (χ1n) is 6.72. The van der Waals surface area contributed by atoms with E-state index < -0.39 is 0 Å². The van der Waals surface area contributed by atoms with Crippen LogP contribution in [0.2, 0.25) is 0 Å². The van der Waals surface area contributed by atoms with Crippen molar-refractivity contribution >= 4 is 18.0 Å². The Morgan fingerprint density at radius 1 is 1.10 bits per heavy atom. The van der Waals surface area contributed by atoms with E-state index in [1.165, 1.54) is 17.3 Å². The number of aldehydes is 1. The molecule has 0 fully saturated rings. The smallest absolute Gasteiger partial charge is 0.150 e. The predicted molar refractivity (Wildman–Crippen MR) is 85.8 cm³/mol. The lowest BCUT2D eigenvalue weighted by Gasteiger charge is -2.19. The van der Waals surface area contributed by atoms with Crippen molar-refractivity contribution in [1.82, 2.24) is 0 Å². The second-order valence-corrected chi connectivity index (χ2v) is 6.98. The molecule has 2 aromatic rings. The highest BCUT2D eigenvalue weighted by Gasteiger charge is 2.13. The summed E-state index contributed by atoms with van der Waals surface area (Å²) in [7, 11) is 0. The monoisotopic (exact) mass is 295 g/mol. The van der Waals surface area contributed by atoms with Gasteiger partial charge in [-0.3, -0.25) is 4.79 Å². The zero-order valence-electron chi connectivity index (χ0n) is 12.4. The first kappa shape index (κ1) is 15.3. The minimum Gasteiger partial charge on any atom is -0.298 e. The van der Waals surface area contributed by atoms with Crippen LogP contribution in [0.15, 0.2) is 52.3 Å². The van der Waals surface area contributed by atoms with Crippen LogP contribution in [0.25, 0.3) is 0 Å². The van der Waals surface area contributed by atoms with E-state index in [-0.39, 0.29) is 5.41 Å². The standard InChI is InChI=1S/C18H17NOS/c1-18(2,3)15-5-7-16(8-6-15)21-17-9-4-13(12-20)10-14(17)11-19/h4-10,12H,1-3H3. The number of carbonyl (C=O) groups excluding carboxylic acids is 1. The van der Waals surface area contributed by atoms with E-state index in [0.717, 1.165) is 16.1 Å². The van der Waals surface area contributed by atoms with Gasteiger partial charge in [-0.15, -0.1) is 0 Å². The molecule has 21 heavy (non-hydrogen) atoms. The van der Waals surface area contributed by atoms with Crippen LogP contribution in [-0.4, -0.2) is 6.29 Å². The first-order chi connectivity index (χ1) is 9.94. The van der Waals surface area contributed by atoms with E-state index >= 15 is 0 Å². The summed E-state index contributed by atoms with van der Waals surface area (Å²) in [5.74, 6) is 0. The minimum absolute atomic E-state index is 0.132. The second-order valence-electron chi connectivity index (χ2n) is 5.86. The van der Waals surface area contributed by atoms with E-state index in [4.69, 9.17) is 0 Å². The van der Waals surface area contributed by atoms with Crippen LogP contribution in [-0.2, 0) is 5.41 Å². The lowest BCUT2D eigenvalue weighted by Crippen LogP contribution is -2.10. The molecular formula is C18H17NOS. The number of rotatable bonds is 3. The van der Waals surface area contributed by atoms with Crippen molar-refractivity contribution in [3.8, 4) is 6.07 Å². The van der Waals surface area contributed by atoms with Crippen LogP contribution >= 0.6 is 11.8 Å². The van der Waals surface area contributed by atoms with E-state index in [1.807, 2.05) is 6.07 Å². The maximum atomic E-state index is 10.8. The molecule has 0 aromatic heterocycles. The molecule has 0 unspecified atom stereocenters. The second kappa shape index (κ2) is 6.15. The maximum Gasteiger partial charge on any atom is 0.150 e. The molecule has 0 saturated carbocycles. The Bertz CT molecular complexity index is 691. The molecule has 2 aromatic carbocycles. The number of hydrogen-bond acceptors (Lipinski definition) is 3. The van der Waals surface area contributed by atoms with Gasteiger partial charge in [0.1, 0.15) is 12.4 Å². The Morgan fingerprint density at radius 2 is 1.76 bits per heavy atom. The fourth-order valence-electron chi connectivity index (χ4n) is 1.95. The molecule has 0 aliphatic carbocycles. The minimum atomic E-state index is 0.132. The molecule has 106 valence electrons. The Balaban J connectivity index is 2.26. The third-order valence-electron chi connectivity index (χ3n) is 3.21. The van der Waals surface area contributed by atoms with Gasteiger partial charge in [-0.1, -0.05) is 50.7 Å². The number of hydrogen-bond donors (Lipinski definition) is 0. The van der Waals surface area contributed by atoms with Gasteiger partial charge in [0, 0.05) is 15.4 Å². The number of benzene rings is 2. The quantitative estimate of drug-likeness (QED) is 0.762. The van der Waals surface area contributed by atoms with Gasteiger partial charge in [0.2, 0.25) is 0 Å². The van der Waals surface area contributed by atoms with Crippen molar-refractivity contribution in [2.45, 2.75) is 36.0 Å². The van der Waals surface area contributed by atoms with Gasteiger partial charge in [0.15, 0.2) is 0 Å². The first-order valence-corrected chi connectivity index (χ1v) is 7.53. The zero-order chi connectivity index (χ0) is 15.5. The van der Waals surface area contributed by atoms with E-state index in [2.05, 4.69) is 51.1 Å². The van der Waals surface area contributed by atoms with Crippen molar-refractivity contribution < 1.29 is 4.79 Å². The molecule has 0 aliphatic heterocycles. The van der Waals surface area contributed by atoms with Crippen molar-refractivity contribution in [3.05, 3.63) is 59.2 Å². The highest BCUT2D eigenvalue weighted by molar-refractivity contribution is 7.99. The summed E-state index contributed by atoms with van der Waals surface area (Å²) in [5, 5.41) is 9.19. The Morgan fingerprint density at radius 3 is 2.29 bits per heavy atom. The van der Waals surface area contributed by atoms with Crippen LogP contribution < -0.4 is 0 Å². The van der Waals surface area contributed by atoms with E-state index in [9.17, 15) is 10.1 Å². The summed E-state index contributed by atoms with van der Waals surface area (Å²) in [6.07, 6.45) is 0.757. The highest BCUT2D eigenvalue weighted by atomic mass is 32.2. The molecule has 0 radical (unpaired) electrons. The molecule has 2 rings (SSSR count). The van der Waals surface area contributed by atoms with Gasteiger partial charge in [-0.05, 0) is 35.2 Å². The molecule has 0 saturated heterocycles. The van der Waals surface area contributed by atoms with Gasteiger partial charge >= 0.3 is 0 Å². The molecule has 0 heterocycles. The maximum absolute atomic E-state index is 10.8. The fraction of sp³-hybridized carbons (Fsp3) is 0.222. The van der Waals surface area contributed by atoms with Crippen LogP contribution in [0.1, 0.15) is 42.3 Å². The van der Waals surface area contributed by atoms with Gasteiger partial charge in [0.05, 0.1) is 5.56 Å². The third kappa shape index (κ3) is 3.74. The normalized spacial score (nSPS) is 11.0. The van der Waals surface area contributed by atoms with Crippen molar-refractivity contribution in [1.29, 1.82) is 5.26 Å². The average Bonchev–Trinajstić information content (AvgIpc) is 2.47. The lowest BCUT2D eigenvalue weighted by atomic mass is 9.87. The highest BCUT2D eigenvalue weighted by Crippen LogP contribution is 2.32. The van der Waals surface area contributed by atoms with Crippen molar-refractivity contribution in [2.75, 3.05) is 0 Å². The van der Waals surface area contributed by atoms with Crippen LogP contribution in [0.5, 0.6) is 0 Å². The lowest BCUT2D eigenvalue weighted by molar-refractivity contribution is 0.112. The summed E-state index contributed by atoms with van der Waals surface area (Å²) in [6, 6.07) is 15.7. The Hall–Kier alpha value is -2.05. The molecule has 0 spiro atoms. The van der Waals surface area contributed by atoms with E-state index in [1.54, 1.807) is 12.1 Å². The molecular weight excluding hydrogens is 278 g/mol. The average molecular weight is 295 g/mol. The molecule has 0 amide bonds. The SMILES string of the molecule is CC(C)(C)c1ccc(Sc2ccc(C=O)cc2C#N)cc1. The van der Waals surface area contributed by atoms with Crippen LogP contribution in [0, 0.1) is 11.3 Å². The Kier molecular flexibility index (Phi) is 4.50. The Labute approximate surface area is 129 Å². The van der Waals surface area contributed by atoms with E-state index in [0.29, 0.717) is 11.1 Å². The van der Waals surface area contributed by atoms with Gasteiger partial charge in [-0.2, -0.15) is 5.26 Å². The number of nitrogens with zero attached hydrogens (tertiary/aromatic N) is 1. The zero-order valence-corrected chi connectivity index (χ0v) is 13.2. The molecule has 3 heteroatoms. The summed E-state index contributed by atoms with van der Waals surface area (Å²) < 4.78 is 0. The van der Waals surface area contributed by atoms with Crippen molar-refractivity contribution in [2.24, 2.45) is 0 Å². The summed E-state index contributed by atoms with van der Waals surface area (Å²) in [6.45, 7) is 6.54. The summed E-state index contributed by atoms with van der Waals surface area (Å²) in [5.41, 5.74) is 2.47. The number of nitriles is 1. The predicted octanol–water partition coefficient (Wildman–Crippen LogP) is 4.82.